The van der Waals surface area contributed by atoms with Crippen molar-refractivity contribution < 1.29 is 27.1 Å². The Bertz CT molecular complexity index is 1270. The summed E-state index contributed by atoms with van der Waals surface area (Å²) in [6.07, 6.45) is 2.75. The lowest BCUT2D eigenvalue weighted by atomic mass is 10.2. The zero-order valence-electron chi connectivity index (χ0n) is 19.7. The van der Waals surface area contributed by atoms with E-state index in [1.54, 1.807) is 18.2 Å². The molecule has 0 spiro atoms. The minimum atomic E-state index is -3.56. The molecule has 35 heavy (non-hydrogen) atoms. The molecule has 1 aliphatic rings. The number of aromatic nitrogens is 2. The van der Waals surface area contributed by atoms with Gasteiger partial charge in [0.25, 0.3) is 5.91 Å². The molecule has 1 amide bonds. The van der Waals surface area contributed by atoms with Crippen molar-refractivity contribution in [3.05, 3.63) is 48.0 Å². The summed E-state index contributed by atoms with van der Waals surface area (Å²) in [5, 5.41) is 10.4. The SMILES string of the molecule is CCOc1ccc(-c2nnc(NC(=O)c3ccc(S(=O)(=O)N4CCCCC4)cc3)o2)cc1OCC. The molecule has 0 unspecified atom stereocenters. The number of hydrogen-bond donors (Lipinski definition) is 1. The third-order valence-corrected chi connectivity index (χ3v) is 7.42. The van der Waals surface area contributed by atoms with Crippen LogP contribution in [0, 0.1) is 0 Å². The van der Waals surface area contributed by atoms with E-state index in [1.807, 2.05) is 13.8 Å². The minimum Gasteiger partial charge on any atom is -0.490 e. The second-order valence-corrected chi connectivity index (χ2v) is 9.82. The predicted molar refractivity (Wildman–Crippen MR) is 129 cm³/mol. The first-order valence-electron chi connectivity index (χ1n) is 11.6. The van der Waals surface area contributed by atoms with Crippen molar-refractivity contribution in [3.8, 4) is 23.0 Å². The molecule has 0 atom stereocenters. The van der Waals surface area contributed by atoms with Gasteiger partial charge in [-0.3, -0.25) is 10.1 Å². The van der Waals surface area contributed by atoms with Crippen LogP contribution in [0.3, 0.4) is 0 Å². The number of ether oxygens (including phenoxy) is 2. The molecule has 186 valence electrons. The monoisotopic (exact) mass is 500 g/mol. The van der Waals surface area contributed by atoms with Gasteiger partial charge in [0, 0.05) is 24.2 Å². The number of anilines is 1. The van der Waals surface area contributed by atoms with Crippen LogP contribution in [0.1, 0.15) is 43.5 Å². The number of rotatable bonds is 9. The van der Waals surface area contributed by atoms with E-state index in [1.165, 1.54) is 28.6 Å². The van der Waals surface area contributed by atoms with E-state index in [0.29, 0.717) is 43.4 Å². The number of piperidine rings is 1. The smallest absolute Gasteiger partial charge is 0.322 e. The Morgan fingerprint density at radius 3 is 2.34 bits per heavy atom. The van der Waals surface area contributed by atoms with Gasteiger partial charge in [-0.25, -0.2) is 8.42 Å². The second kappa shape index (κ2) is 10.9. The fraction of sp³-hybridized carbons (Fsp3) is 0.375. The fourth-order valence-corrected chi connectivity index (χ4v) is 5.29. The van der Waals surface area contributed by atoms with Gasteiger partial charge < -0.3 is 13.9 Å². The highest BCUT2D eigenvalue weighted by Gasteiger charge is 2.26. The Kier molecular flexibility index (Phi) is 7.67. The number of benzene rings is 2. The maximum atomic E-state index is 12.8. The molecular formula is C24H28N4O6S. The van der Waals surface area contributed by atoms with Crippen LogP contribution in [0.5, 0.6) is 11.5 Å². The molecule has 4 rings (SSSR count). The topological polar surface area (TPSA) is 124 Å². The van der Waals surface area contributed by atoms with Crippen LogP contribution in [0.2, 0.25) is 0 Å². The lowest BCUT2D eigenvalue weighted by Gasteiger charge is -2.25. The first kappa shape index (κ1) is 24.7. The van der Waals surface area contributed by atoms with Crippen LogP contribution in [0.25, 0.3) is 11.5 Å². The van der Waals surface area contributed by atoms with Gasteiger partial charge in [0.2, 0.25) is 15.9 Å². The summed E-state index contributed by atoms with van der Waals surface area (Å²) >= 11 is 0. The van der Waals surface area contributed by atoms with Gasteiger partial charge in [-0.2, -0.15) is 4.31 Å². The predicted octanol–water partition coefficient (Wildman–Crippen LogP) is 3.96. The largest absolute Gasteiger partial charge is 0.490 e. The quantitative estimate of drug-likeness (QED) is 0.468. The number of carbonyl (C=O) groups excluding carboxylic acids is 1. The number of nitrogens with zero attached hydrogens (tertiary/aromatic N) is 3. The van der Waals surface area contributed by atoms with E-state index < -0.39 is 15.9 Å². The Balaban J connectivity index is 1.45. The first-order chi connectivity index (χ1) is 16.9. The molecule has 1 saturated heterocycles. The zero-order chi connectivity index (χ0) is 24.8. The van der Waals surface area contributed by atoms with Crippen LogP contribution in [-0.4, -0.2) is 55.1 Å². The van der Waals surface area contributed by atoms with Crippen molar-refractivity contribution in [2.24, 2.45) is 0 Å². The highest BCUT2D eigenvalue weighted by Crippen LogP contribution is 2.33. The average Bonchev–Trinajstić information content (AvgIpc) is 3.34. The summed E-state index contributed by atoms with van der Waals surface area (Å²) in [4.78, 5) is 12.8. The highest BCUT2D eigenvalue weighted by atomic mass is 32.2. The van der Waals surface area contributed by atoms with Crippen molar-refractivity contribution in [1.82, 2.24) is 14.5 Å². The Morgan fingerprint density at radius 2 is 1.66 bits per heavy atom. The summed E-state index contributed by atoms with van der Waals surface area (Å²) in [6, 6.07) is 11.0. The average molecular weight is 501 g/mol. The van der Waals surface area contributed by atoms with E-state index in [-0.39, 0.29) is 22.4 Å². The molecule has 2 aromatic carbocycles. The van der Waals surface area contributed by atoms with Gasteiger partial charge in [-0.05, 0) is 69.2 Å². The van der Waals surface area contributed by atoms with Crippen molar-refractivity contribution in [3.63, 3.8) is 0 Å². The van der Waals surface area contributed by atoms with Crippen molar-refractivity contribution >= 4 is 21.9 Å². The van der Waals surface area contributed by atoms with Gasteiger partial charge in [0.05, 0.1) is 18.1 Å². The molecule has 2 heterocycles. The molecular weight excluding hydrogens is 472 g/mol. The number of nitrogens with one attached hydrogen (secondary N) is 1. The van der Waals surface area contributed by atoms with E-state index in [0.717, 1.165) is 19.3 Å². The molecule has 0 saturated carbocycles. The standard InChI is InChI=1S/C24H28N4O6S/c1-3-32-20-13-10-18(16-21(20)33-4-2)23-26-27-24(34-23)25-22(29)17-8-11-19(12-9-17)35(30,31)28-14-6-5-7-15-28/h8-13,16H,3-7,14-15H2,1-2H3,(H,25,27,29). The van der Waals surface area contributed by atoms with Gasteiger partial charge in [-0.1, -0.05) is 11.5 Å². The molecule has 0 radical (unpaired) electrons. The summed E-state index contributed by atoms with van der Waals surface area (Å²) in [6.45, 7) is 5.76. The van der Waals surface area contributed by atoms with E-state index in [2.05, 4.69) is 15.5 Å². The van der Waals surface area contributed by atoms with Gasteiger partial charge in [0.15, 0.2) is 11.5 Å². The van der Waals surface area contributed by atoms with Crippen LogP contribution in [0.4, 0.5) is 6.01 Å². The van der Waals surface area contributed by atoms with Crippen molar-refractivity contribution in [1.29, 1.82) is 0 Å². The number of carbonyl (C=O) groups is 1. The minimum absolute atomic E-state index is 0.0816. The lowest BCUT2D eigenvalue weighted by molar-refractivity contribution is 0.102. The van der Waals surface area contributed by atoms with Crippen LogP contribution >= 0.6 is 0 Å². The molecule has 1 aromatic heterocycles. The van der Waals surface area contributed by atoms with Gasteiger partial charge in [0.1, 0.15) is 0 Å². The van der Waals surface area contributed by atoms with Crippen molar-refractivity contribution in [2.45, 2.75) is 38.0 Å². The summed E-state index contributed by atoms with van der Waals surface area (Å²) in [5.41, 5.74) is 0.874. The van der Waals surface area contributed by atoms with Gasteiger partial charge in [-0.15, -0.1) is 5.10 Å². The Hall–Kier alpha value is -3.44. The maximum Gasteiger partial charge on any atom is 0.322 e. The third kappa shape index (κ3) is 5.63. The zero-order valence-corrected chi connectivity index (χ0v) is 20.5. The molecule has 10 nitrogen and oxygen atoms in total. The molecule has 3 aromatic rings. The summed E-state index contributed by atoms with van der Waals surface area (Å²) in [5.74, 6) is 0.864. The van der Waals surface area contributed by atoms with Gasteiger partial charge >= 0.3 is 6.01 Å². The molecule has 1 fully saturated rings. The highest BCUT2D eigenvalue weighted by molar-refractivity contribution is 7.89. The second-order valence-electron chi connectivity index (χ2n) is 7.88. The van der Waals surface area contributed by atoms with Crippen LogP contribution < -0.4 is 14.8 Å². The number of hydrogen-bond acceptors (Lipinski definition) is 8. The molecule has 0 bridgehead atoms. The Morgan fingerprint density at radius 1 is 0.971 bits per heavy atom. The number of sulfonamides is 1. The van der Waals surface area contributed by atoms with Crippen LogP contribution in [0.15, 0.2) is 51.8 Å². The molecule has 1 aliphatic heterocycles. The molecule has 1 N–H and O–H groups in total. The summed E-state index contributed by atoms with van der Waals surface area (Å²) in [7, 11) is -3.56. The van der Waals surface area contributed by atoms with Crippen molar-refractivity contribution in [2.75, 3.05) is 31.6 Å². The number of amides is 1. The Labute approximate surface area is 204 Å². The fourth-order valence-electron chi connectivity index (χ4n) is 3.78. The van der Waals surface area contributed by atoms with E-state index >= 15 is 0 Å². The molecule has 0 aliphatic carbocycles. The van der Waals surface area contributed by atoms with E-state index in [9.17, 15) is 13.2 Å². The molecule has 11 heteroatoms. The van der Waals surface area contributed by atoms with E-state index in [4.69, 9.17) is 13.9 Å². The van der Waals surface area contributed by atoms with Crippen LogP contribution in [-0.2, 0) is 10.0 Å². The first-order valence-corrected chi connectivity index (χ1v) is 13.0. The third-order valence-electron chi connectivity index (χ3n) is 5.51. The summed E-state index contributed by atoms with van der Waals surface area (Å²) < 4.78 is 43.9. The normalized spacial score (nSPS) is 14.5. The maximum absolute atomic E-state index is 12.8. The lowest BCUT2D eigenvalue weighted by Crippen LogP contribution is -2.35.